The fourth-order valence-electron chi connectivity index (χ4n) is 1.98. The summed E-state index contributed by atoms with van der Waals surface area (Å²) in [7, 11) is 1.61. The minimum Gasteiger partial charge on any atom is -0.493 e. The van der Waals surface area contributed by atoms with Crippen LogP contribution in [0.4, 0.5) is 0 Å². The molecule has 2 aromatic rings. The van der Waals surface area contributed by atoms with Crippen LogP contribution in [0.25, 0.3) is 0 Å². The highest BCUT2D eigenvalue weighted by Crippen LogP contribution is 2.35. The zero-order valence-corrected chi connectivity index (χ0v) is 12.4. The molecule has 2 aromatic carbocycles. The Hall–Kier alpha value is -1.71. The first-order valence-corrected chi connectivity index (χ1v) is 6.83. The van der Waals surface area contributed by atoms with Crippen LogP contribution in [-0.2, 0) is 6.42 Å². The highest BCUT2D eigenvalue weighted by Gasteiger charge is 2.12. The van der Waals surface area contributed by atoms with E-state index in [2.05, 4.69) is 0 Å². The van der Waals surface area contributed by atoms with Crippen molar-refractivity contribution < 1.29 is 9.47 Å². The van der Waals surface area contributed by atoms with Crippen LogP contribution in [0.3, 0.4) is 0 Å². The van der Waals surface area contributed by atoms with Gasteiger partial charge in [0.05, 0.1) is 7.11 Å². The van der Waals surface area contributed by atoms with Gasteiger partial charge in [-0.25, -0.2) is 0 Å². The van der Waals surface area contributed by atoms with Gasteiger partial charge in [-0.05, 0) is 37.6 Å². The van der Waals surface area contributed by atoms with Crippen molar-refractivity contribution in [1.29, 1.82) is 0 Å². The predicted octanol–water partition coefficient (Wildman–Crippen LogP) is 4.03. The molecular weight excluding hydrogens is 274 g/mol. The minimum atomic E-state index is 0.00918. The van der Waals surface area contributed by atoms with Crippen LogP contribution >= 0.6 is 11.6 Å². The second-order valence-corrected chi connectivity index (χ2v) is 5.06. The van der Waals surface area contributed by atoms with E-state index in [4.69, 9.17) is 26.8 Å². The van der Waals surface area contributed by atoms with E-state index < -0.39 is 0 Å². The van der Waals surface area contributed by atoms with Crippen molar-refractivity contribution in [3.8, 4) is 17.2 Å². The number of ether oxygens (including phenoxy) is 2. The lowest BCUT2D eigenvalue weighted by Crippen LogP contribution is -2.18. The first-order chi connectivity index (χ1) is 9.61. The number of para-hydroxylation sites is 2. The average Bonchev–Trinajstić information content (AvgIpc) is 2.43. The lowest BCUT2D eigenvalue weighted by atomic mass is 10.1. The summed E-state index contributed by atoms with van der Waals surface area (Å²) in [5, 5.41) is 0.662. The Labute approximate surface area is 124 Å². The van der Waals surface area contributed by atoms with Gasteiger partial charge in [0.2, 0.25) is 0 Å². The number of hydrogen-bond acceptors (Lipinski definition) is 3. The van der Waals surface area contributed by atoms with E-state index in [0.29, 0.717) is 28.7 Å². The molecule has 0 radical (unpaired) electrons. The lowest BCUT2D eigenvalue weighted by molar-refractivity contribution is 0.377. The van der Waals surface area contributed by atoms with Gasteiger partial charge in [-0.1, -0.05) is 29.8 Å². The van der Waals surface area contributed by atoms with Gasteiger partial charge in [0.25, 0.3) is 0 Å². The van der Waals surface area contributed by atoms with Crippen molar-refractivity contribution in [3.63, 3.8) is 0 Å². The van der Waals surface area contributed by atoms with Crippen LogP contribution in [0.5, 0.6) is 17.2 Å². The first-order valence-electron chi connectivity index (χ1n) is 6.45. The highest BCUT2D eigenvalue weighted by molar-refractivity contribution is 6.31. The normalized spacial score (nSPS) is 12.0. The summed E-state index contributed by atoms with van der Waals surface area (Å²) < 4.78 is 11.2. The van der Waals surface area contributed by atoms with Gasteiger partial charge >= 0.3 is 0 Å². The number of methoxy groups -OCH3 is 1. The summed E-state index contributed by atoms with van der Waals surface area (Å²) in [5.41, 5.74) is 6.78. The molecule has 0 saturated heterocycles. The number of hydrogen-bond donors (Lipinski definition) is 1. The van der Waals surface area contributed by atoms with Gasteiger partial charge in [0, 0.05) is 16.6 Å². The van der Waals surface area contributed by atoms with E-state index in [1.807, 2.05) is 49.4 Å². The third kappa shape index (κ3) is 3.44. The van der Waals surface area contributed by atoms with E-state index in [9.17, 15) is 0 Å². The molecule has 0 bridgehead atoms. The fourth-order valence-corrected chi connectivity index (χ4v) is 2.22. The molecule has 0 amide bonds. The third-order valence-corrected chi connectivity index (χ3v) is 3.25. The van der Waals surface area contributed by atoms with Crippen LogP contribution in [0.15, 0.2) is 42.5 Å². The van der Waals surface area contributed by atoms with Gasteiger partial charge in [0.15, 0.2) is 11.5 Å². The quantitative estimate of drug-likeness (QED) is 0.904. The standard InChI is InChI=1S/C16H18ClNO2/c1-11(18)10-12-13(17)6-5-9-14(12)20-16-8-4-3-7-15(16)19-2/h3-9,11H,10,18H2,1-2H3. The van der Waals surface area contributed by atoms with Gasteiger partial charge < -0.3 is 15.2 Å². The summed E-state index contributed by atoms with van der Waals surface area (Å²) >= 11 is 6.25. The molecule has 2 rings (SSSR count). The lowest BCUT2D eigenvalue weighted by Gasteiger charge is -2.15. The second-order valence-electron chi connectivity index (χ2n) is 4.65. The summed E-state index contributed by atoms with van der Waals surface area (Å²) in [6.07, 6.45) is 0.657. The Morgan fingerprint density at radius 1 is 1.05 bits per heavy atom. The molecule has 4 heteroatoms. The van der Waals surface area contributed by atoms with E-state index >= 15 is 0 Å². The zero-order chi connectivity index (χ0) is 14.5. The van der Waals surface area contributed by atoms with Crippen molar-refractivity contribution >= 4 is 11.6 Å². The Kier molecular flexibility index (Phi) is 4.88. The van der Waals surface area contributed by atoms with Crippen LogP contribution in [0, 0.1) is 0 Å². The molecule has 0 aliphatic heterocycles. The zero-order valence-electron chi connectivity index (χ0n) is 11.6. The maximum atomic E-state index is 6.25. The molecule has 2 N–H and O–H groups in total. The molecule has 0 heterocycles. The van der Waals surface area contributed by atoms with Crippen molar-refractivity contribution in [2.45, 2.75) is 19.4 Å². The van der Waals surface area contributed by atoms with Crippen molar-refractivity contribution in [1.82, 2.24) is 0 Å². The number of rotatable bonds is 5. The molecule has 106 valence electrons. The van der Waals surface area contributed by atoms with Crippen molar-refractivity contribution in [2.24, 2.45) is 5.73 Å². The van der Waals surface area contributed by atoms with Crippen LogP contribution in [0.2, 0.25) is 5.02 Å². The van der Waals surface area contributed by atoms with Crippen LogP contribution < -0.4 is 15.2 Å². The largest absolute Gasteiger partial charge is 0.493 e. The Morgan fingerprint density at radius 2 is 1.70 bits per heavy atom. The van der Waals surface area contributed by atoms with Gasteiger partial charge in [-0.2, -0.15) is 0 Å². The number of benzene rings is 2. The van der Waals surface area contributed by atoms with E-state index in [-0.39, 0.29) is 6.04 Å². The monoisotopic (exact) mass is 291 g/mol. The second kappa shape index (κ2) is 6.64. The minimum absolute atomic E-state index is 0.00918. The summed E-state index contributed by atoms with van der Waals surface area (Å²) in [6, 6.07) is 13.1. The molecule has 0 aliphatic carbocycles. The average molecular weight is 292 g/mol. The summed E-state index contributed by atoms with van der Waals surface area (Å²) in [6.45, 7) is 1.94. The molecule has 0 spiro atoms. The summed E-state index contributed by atoms with van der Waals surface area (Å²) in [5.74, 6) is 2.04. The molecule has 1 atom stereocenters. The van der Waals surface area contributed by atoms with Gasteiger partial charge in [0.1, 0.15) is 5.75 Å². The summed E-state index contributed by atoms with van der Waals surface area (Å²) in [4.78, 5) is 0. The number of halogens is 1. The van der Waals surface area contributed by atoms with E-state index in [1.165, 1.54) is 0 Å². The Balaban J connectivity index is 2.35. The molecular formula is C16H18ClNO2. The van der Waals surface area contributed by atoms with Crippen LogP contribution in [0.1, 0.15) is 12.5 Å². The van der Waals surface area contributed by atoms with E-state index in [0.717, 1.165) is 5.56 Å². The smallest absolute Gasteiger partial charge is 0.169 e. The van der Waals surface area contributed by atoms with Crippen LogP contribution in [-0.4, -0.2) is 13.2 Å². The van der Waals surface area contributed by atoms with Crippen molar-refractivity contribution in [3.05, 3.63) is 53.1 Å². The molecule has 0 fully saturated rings. The SMILES string of the molecule is COc1ccccc1Oc1cccc(Cl)c1CC(C)N. The Bertz CT molecular complexity index is 584. The predicted molar refractivity (Wildman–Crippen MR) is 81.9 cm³/mol. The maximum absolute atomic E-state index is 6.25. The Morgan fingerprint density at radius 3 is 2.35 bits per heavy atom. The first kappa shape index (κ1) is 14.7. The third-order valence-electron chi connectivity index (χ3n) is 2.89. The van der Waals surface area contributed by atoms with Gasteiger partial charge in [-0.3, -0.25) is 0 Å². The molecule has 20 heavy (non-hydrogen) atoms. The maximum Gasteiger partial charge on any atom is 0.169 e. The molecule has 0 saturated carbocycles. The van der Waals surface area contributed by atoms with Gasteiger partial charge in [-0.15, -0.1) is 0 Å². The molecule has 3 nitrogen and oxygen atoms in total. The molecule has 1 unspecified atom stereocenters. The van der Waals surface area contributed by atoms with E-state index in [1.54, 1.807) is 7.11 Å². The fraction of sp³-hybridized carbons (Fsp3) is 0.250. The topological polar surface area (TPSA) is 44.5 Å². The highest BCUT2D eigenvalue weighted by atomic mass is 35.5. The van der Waals surface area contributed by atoms with Crippen molar-refractivity contribution in [2.75, 3.05) is 7.11 Å². The number of nitrogens with two attached hydrogens (primary N) is 1. The molecule has 0 aliphatic rings. The molecule has 0 aromatic heterocycles.